The summed E-state index contributed by atoms with van der Waals surface area (Å²) < 4.78 is 5.45. The topological polar surface area (TPSA) is 29.5 Å². The third-order valence-corrected chi connectivity index (χ3v) is 3.79. The van der Waals surface area contributed by atoms with E-state index in [1.807, 2.05) is 55.6 Å². The van der Waals surface area contributed by atoms with Gasteiger partial charge in [-0.15, -0.1) is 11.3 Å². The van der Waals surface area contributed by atoms with Crippen molar-refractivity contribution in [3.63, 3.8) is 0 Å². The number of aliphatic hydroxyl groups is 1. The molecule has 1 N–H and O–H groups in total. The van der Waals surface area contributed by atoms with Gasteiger partial charge in [0.05, 0.1) is 6.61 Å². The Morgan fingerprint density at radius 2 is 2.12 bits per heavy atom. The molecular formula is C14H16O2S. The van der Waals surface area contributed by atoms with Crippen LogP contribution in [0.15, 0.2) is 41.8 Å². The molecule has 0 bridgehead atoms. The highest BCUT2D eigenvalue weighted by Crippen LogP contribution is 2.33. The first kappa shape index (κ1) is 12.1. The Morgan fingerprint density at radius 3 is 2.76 bits per heavy atom. The van der Waals surface area contributed by atoms with E-state index in [1.54, 1.807) is 11.3 Å². The lowest BCUT2D eigenvalue weighted by Crippen LogP contribution is -2.21. The number of thiophene rings is 1. The Hall–Kier alpha value is -1.32. The molecule has 0 aliphatic rings. The minimum Gasteiger partial charge on any atom is -0.494 e. The van der Waals surface area contributed by atoms with Crippen LogP contribution in [-0.2, 0) is 5.60 Å². The average Bonchev–Trinajstić information content (AvgIpc) is 2.84. The quantitative estimate of drug-likeness (QED) is 0.898. The molecule has 0 saturated carbocycles. The summed E-state index contributed by atoms with van der Waals surface area (Å²) in [4.78, 5) is 0.936. The van der Waals surface area contributed by atoms with Gasteiger partial charge in [0.1, 0.15) is 11.4 Å². The van der Waals surface area contributed by atoms with Gasteiger partial charge in [-0.1, -0.05) is 18.2 Å². The van der Waals surface area contributed by atoms with Crippen LogP contribution in [-0.4, -0.2) is 11.7 Å². The van der Waals surface area contributed by atoms with E-state index < -0.39 is 5.60 Å². The zero-order chi connectivity index (χ0) is 12.3. The van der Waals surface area contributed by atoms with Crippen molar-refractivity contribution in [2.24, 2.45) is 0 Å². The number of benzene rings is 1. The van der Waals surface area contributed by atoms with Gasteiger partial charge < -0.3 is 9.84 Å². The van der Waals surface area contributed by atoms with Crippen molar-refractivity contribution in [2.45, 2.75) is 19.4 Å². The lowest BCUT2D eigenvalue weighted by molar-refractivity contribution is 0.106. The van der Waals surface area contributed by atoms with Crippen LogP contribution >= 0.6 is 11.3 Å². The van der Waals surface area contributed by atoms with E-state index in [0.29, 0.717) is 6.61 Å². The van der Waals surface area contributed by atoms with E-state index in [-0.39, 0.29) is 0 Å². The molecule has 17 heavy (non-hydrogen) atoms. The van der Waals surface area contributed by atoms with Gasteiger partial charge in [-0.3, -0.25) is 0 Å². The van der Waals surface area contributed by atoms with Gasteiger partial charge in [0.2, 0.25) is 0 Å². The number of hydrogen-bond donors (Lipinski definition) is 1. The Labute approximate surface area is 105 Å². The van der Waals surface area contributed by atoms with Crippen LogP contribution in [0.2, 0.25) is 0 Å². The van der Waals surface area contributed by atoms with Gasteiger partial charge in [0, 0.05) is 4.88 Å². The van der Waals surface area contributed by atoms with Gasteiger partial charge in [0.15, 0.2) is 0 Å². The molecule has 1 aromatic heterocycles. The minimum absolute atomic E-state index is 0.630. The number of ether oxygens (including phenoxy) is 1. The highest BCUT2D eigenvalue weighted by atomic mass is 32.1. The normalized spacial score (nSPS) is 14.3. The largest absolute Gasteiger partial charge is 0.494 e. The van der Waals surface area contributed by atoms with Crippen molar-refractivity contribution in [1.82, 2.24) is 0 Å². The zero-order valence-electron chi connectivity index (χ0n) is 10.0. The van der Waals surface area contributed by atoms with Gasteiger partial charge in [-0.05, 0) is 43.0 Å². The maximum Gasteiger partial charge on any atom is 0.121 e. The molecule has 0 aliphatic carbocycles. The van der Waals surface area contributed by atoms with Crippen LogP contribution in [0.5, 0.6) is 5.75 Å². The second kappa shape index (κ2) is 4.90. The van der Waals surface area contributed by atoms with Gasteiger partial charge in [-0.25, -0.2) is 0 Å². The summed E-state index contributed by atoms with van der Waals surface area (Å²) in [5.41, 5.74) is -0.104. The summed E-state index contributed by atoms with van der Waals surface area (Å²) in [6, 6.07) is 11.5. The monoisotopic (exact) mass is 248 g/mol. The maximum absolute atomic E-state index is 10.6. The lowest BCUT2D eigenvalue weighted by Gasteiger charge is -2.23. The fraction of sp³-hybridized carbons (Fsp3) is 0.286. The predicted molar refractivity (Wildman–Crippen MR) is 70.6 cm³/mol. The molecule has 2 nitrogen and oxygen atoms in total. The second-order valence-electron chi connectivity index (χ2n) is 4.01. The van der Waals surface area contributed by atoms with E-state index in [2.05, 4.69) is 0 Å². The van der Waals surface area contributed by atoms with Crippen molar-refractivity contribution in [1.29, 1.82) is 0 Å². The van der Waals surface area contributed by atoms with Gasteiger partial charge in [-0.2, -0.15) is 0 Å². The lowest BCUT2D eigenvalue weighted by atomic mass is 9.94. The first-order valence-electron chi connectivity index (χ1n) is 5.64. The summed E-state index contributed by atoms with van der Waals surface area (Å²) >= 11 is 1.55. The molecule has 2 rings (SSSR count). The molecule has 1 atom stereocenters. The van der Waals surface area contributed by atoms with Gasteiger partial charge in [0.25, 0.3) is 0 Å². The van der Waals surface area contributed by atoms with Crippen molar-refractivity contribution in [3.05, 3.63) is 52.2 Å². The van der Waals surface area contributed by atoms with Crippen molar-refractivity contribution >= 4 is 11.3 Å². The highest BCUT2D eigenvalue weighted by molar-refractivity contribution is 7.10. The summed E-state index contributed by atoms with van der Waals surface area (Å²) in [5, 5.41) is 12.6. The average molecular weight is 248 g/mol. The number of rotatable bonds is 4. The number of hydrogen-bond acceptors (Lipinski definition) is 3. The maximum atomic E-state index is 10.6. The molecule has 2 aromatic rings. The zero-order valence-corrected chi connectivity index (χ0v) is 10.8. The molecule has 0 fully saturated rings. The van der Waals surface area contributed by atoms with Crippen LogP contribution in [0.4, 0.5) is 0 Å². The van der Waals surface area contributed by atoms with Crippen molar-refractivity contribution in [2.75, 3.05) is 6.61 Å². The van der Waals surface area contributed by atoms with Crippen LogP contribution in [0.3, 0.4) is 0 Å². The third kappa shape index (κ3) is 2.51. The fourth-order valence-electron chi connectivity index (χ4n) is 1.75. The summed E-state index contributed by atoms with van der Waals surface area (Å²) in [5.74, 6) is 0.793. The molecule has 1 unspecified atom stereocenters. The van der Waals surface area contributed by atoms with Crippen molar-refractivity contribution in [3.8, 4) is 5.75 Å². The first-order chi connectivity index (χ1) is 8.14. The Kier molecular flexibility index (Phi) is 3.50. The summed E-state index contributed by atoms with van der Waals surface area (Å²) in [7, 11) is 0. The molecule has 0 radical (unpaired) electrons. The molecule has 0 aliphatic heterocycles. The Balaban J connectivity index is 2.36. The summed E-state index contributed by atoms with van der Waals surface area (Å²) in [6.45, 7) is 4.39. The third-order valence-electron chi connectivity index (χ3n) is 2.71. The van der Waals surface area contributed by atoms with E-state index in [4.69, 9.17) is 4.74 Å². The molecule has 90 valence electrons. The SMILES string of the molecule is CCOc1cccc(C(C)(O)c2cccs2)c1. The molecule has 1 aromatic carbocycles. The highest BCUT2D eigenvalue weighted by Gasteiger charge is 2.26. The molecule has 0 amide bonds. The molecular weight excluding hydrogens is 232 g/mol. The second-order valence-corrected chi connectivity index (χ2v) is 4.96. The first-order valence-corrected chi connectivity index (χ1v) is 6.52. The fourth-order valence-corrected chi connectivity index (χ4v) is 2.56. The van der Waals surface area contributed by atoms with Crippen LogP contribution in [0.25, 0.3) is 0 Å². The van der Waals surface area contributed by atoms with Gasteiger partial charge >= 0.3 is 0 Å². The minimum atomic E-state index is -0.957. The van der Waals surface area contributed by atoms with Crippen LogP contribution < -0.4 is 4.74 Å². The van der Waals surface area contributed by atoms with Crippen molar-refractivity contribution < 1.29 is 9.84 Å². The Bertz CT molecular complexity index is 475. The van der Waals surface area contributed by atoms with E-state index in [9.17, 15) is 5.11 Å². The molecule has 0 saturated heterocycles. The molecule has 1 heterocycles. The smallest absolute Gasteiger partial charge is 0.121 e. The standard InChI is InChI=1S/C14H16O2S/c1-3-16-12-7-4-6-11(10-12)14(2,15)13-8-5-9-17-13/h4-10,15H,3H2,1-2H3. The van der Waals surface area contributed by atoms with E-state index >= 15 is 0 Å². The Morgan fingerprint density at radius 1 is 1.29 bits per heavy atom. The van der Waals surface area contributed by atoms with E-state index in [0.717, 1.165) is 16.2 Å². The van der Waals surface area contributed by atoms with E-state index in [1.165, 1.54) is 0 Å². The summed E-state index contributed by atoms with van der Waals surface area (Å²) in [6.07, 6.45) is 0. The van der Waals surface area contributed by atoms with Crippen LogP contribution in [0, 0.1) is 0 Å². The van der Waals surface area contributed by atoms with Crippen LogP contribution in [0.1, 0.15) is 24.3 Å². The molecule has 0 spiro atoms. The molecule has 3 heteroatoms. The predicted octanol–water partition coefficient (Wildman–Crippen LogP) is 3.40.